The number of carbonyl (C=O) groups excluding carboxylic acids is 1. The van der Waals surface area contributed by atoms with E-state index < -0.39 is 22.0 Å². The zero-order valence-corrected chi connectivity index (χ0v) is 18.6. The van der Waals surface area contributed by atoms with Crippen molar-refractivity contribution < 1.29 is 17.9 Å². The number of methoxy groups -OCH3 is 1. The van der Waals surface area contributed by atoms with Gasteiger partial charge in [0, 0.05) is 7.05 Å². The van der Waals surface area contributed by atoms with E-state index in [1.165, 1.54) is 7.05 Å². The summed E-state index contributed by atoms with van der Waals surface area (Å²) in [6.45, 7) is 1.59. The second-order valence-corrected chi connectivity index (χ2v) is 9.30. The Kier molecular flexibility index (Phi) is 7.09. The van der Waals surface area contributed by atoms with Crippen molar-refractivity contribution in [2.24, 2.45) is 0 Å². The van der Waals surface area contributed by atoms with Crippen molar-refractivity contribution in [2.75, 3.05) is 20.7 Å². The number of amides is 1. The Balaban J connectivity index is 1.79. The monoisotopic (exact) mass is 438 g/mol. The summed E-state index contributed by atoms with van der Waals surface area (Å²) in [4.78, 5) is 13.0. The van der Waals surface area contributed by atoms with Crippen LogP contribution in [0.3, 0.4) is 0 Å². The van der Waals surface area contributed by atoms with Crippen LogP contribution in [0, 0.1) is 6.92 Å². The van der Waals surface area contributed by atoms with Crippen LogP contribution in [-0.4, -0.2) is 39.3 Å². The van der Waals surface area contributed by atoms with Gasteiger partial charge in [0.2, 0.25) is 15.9 Å². The number of nitrogens with one attached hydrogen (secondary N) is 1. The fraction of sp³-hybridized carbons (Fsp3) is 0.208. The van der Waals surface area contributed by atoms with Crippen LogP contribution < -0.4 is 10.1 Å². The lowest BCUT2D eigenvalue weighted by Crippen LogP contribution is -2.40. The van der Waals surface area contributed by atoms with Crippen LogP contribution in [0.1, 0.15) is 22.7 Å². The molecule has 162 valence electrons. The predicted octanol–water partition coefficient (Wildman–Crippen LogP) is 3.53. The second kappa shape index (κ2) is 9.76. The first kappa shape index (κ1) is 22.5. The standard InChI is InChI=1S/C24H26N2O4S/c1-18-9-15-22(16-10-18)31(28,29)26(2)17-23(27)25-24(19-7-5-4-6-8-19)20-11-13-21(30-3)14-12-20/h4-16,24H,17H2,1-3H3,(H,25,27). The molecule has 0 aliphatic carbocycles. The zero-order chi connectivity index (χ0) is 22.4. The molecular weight excluding hydrogens is 412 g/mol. The Morgan fingerprint density at radius 3 is 2.10 bits per heavy atom. The van der Waals surface area contributed by atoms with E-state index in [0.717, 1.165) is 21.0 Å². The Bertz CT molecular complexity index is 1110. The van der Waals surface area contributed by atoms with Crippen molar-refractivity contribution in [3.8, 4) is 5.75 Å². The molecule has 0 saturated heterocycles. The van der Waals surface area contributed by atoms with Crippen LogP contribution in [0.4, 0.5) is 0 Å². The van der Waals surface area contributed by atoms with E-state index in [1.807, 2.05) is 61.5 Å². The average Bonchev–Trinajstić information content (AvgIpc) is 2.78. The minimum Gasteiger partial charge on any atom is -0.497 e. The normalized spacial score (nSPS) is 12.4. The van der Waals surface area contributed by atoms with E-state index in [9.17, 15) is 13.2 Å². The molecule has 3 rings (SSSR count). The van der Waals surface area contributed by atoms with Gasteiger partial charge < -0.3 is 10.1 Å². The number of rotatable bonds is 8. The van der Waals surface area contributed by atoms with Gasteiger partial charge in [-0.2, -0.15) is 4.31 Å². The molecule has 0 fully saturated rings. The molecule has 1 N–H and O–H groups in total. The lowest BCUT2D eigenvalue weighted by atomic mass is 9.98. The molecular formula is C24H26N2O4S. The molecule has 0 aliphatic heterocycles. The maximum absolute atomic E-state index is 12.8. The van der Waals surface area contributed by atoms with Gasteiger partial charge in [-0.25, -0.2) is 8.42 Å². The first-order chi connectivity index (χ1) is 14.8. The van der Waals surface area contributed by atoms with E-state index in [0.29, 0.717) is 5.75 Å². The minimum absolute atomic E-state index is 0.156. The third-order valence-corrected chi connectivity index (χ3v) is 6.80. The van der Waals surface area contributed by atoms with Gasteiger partial charge in [-0.3, -0.25) is 4.79 Å². The molecule has 0 bridgehead atoms. The molecule has 1 amide bonds. The van der Waals surface area contributed by atoms with Crippen molar-refractivity contribution in [3.05, 3.63) is 95.6 Å². The highest BCUT2D eigenvalue weighted by Crippen LogP contribution is 2.24. The number of aryl methyl sites for hydroxylation is 1. The summed E-state index contributed by atoms with van der Waals surface area (Å²) in [5.41, 5.74) is 2.72. The molecule has 0 radical (unpaired) electrons. The van der Waals surface area contributed by atoms with Crippen LogP contribution in [0.5, 0.6) is 5.75 Å². The number of carbonyl (C=O) groups is 1. The summed E-state index contributed by atoms with van der Waals surface area (Å²) in [7, 11) is -0.773. The number of ether oxygens (including phenoxy) is 1. The second-order valence-electron chi connectivity index (χ2n) is 7.26. The summed E-state index contributed by atoms with van der Waals surface area (Å²) in [5.74, 6) is 0.314. The largest absolute Gasteiger partial charge is 0.497 e. The molecule has 6 nitrogen and oxygen atoms in total. The SMILES string of the molecule is COc1ccc(C(NC(=O)CN(C)S(=O)(=O)c2ccc(C)cc2)c2ccccc2)cc1. The van der Waals surface area contributed by atoms with E-state index >= 15 is 0 Å². The molecule has 31 heavy (non-hydrogen) atoms. The van der Waals surface area contributed by atoms with E-state index in [1.54, 1.807) is 31.4 Å². The lowest BCUT2D eigenvalue weighted by molar-refractivity contribution is -0.121. The van der Waals surface area contributed by atoms with Gasteiger partial charge >= 0.3 is 0 Å². The van der Waals surface area contributed by atoms with Crippen LogP contribution in [0.25, 0.3) is 0 Å². The fourth-order valence-electron chi connectivity index (χ4n) is 3.18. The van der Waals surface area contributed by atoms with Gasteiger partial charge in [-0.1, -0.05) is 60.2 Å². The molecule has 1 unspecified atom stereocenters. The number of likely N-dealkylation sites (N-methyl/N-ethyl adjacent to an activating group) is 1. The van der Waals surface area contributed by atoms with E-state index in [-0.39, 0.29) is 11.4 Å². The van der Waals surface area contributed by atoms with Crippen molar-refractivity contribution in [1.29, 1.82) is 0 Å². The van der Waals surface area contributed by atoms with Crippen LogP contribution in [0.2, 0.25) is 0 Å². The van der Waals surface area contributed by atoms with Gasteiger partial charge in [0.25, 0.3) is 0 Å². The summed E-state index contributed by atoms with van der Waals surface area (Å²) in [5, 5.41) is 2.96. The first-order valence-corrected chi connectivity index (χ1v) is 11.3. The first-order valence-electron chi connectivity index (χ1n) is 9.82. The Morgan fingerprint density at radius 1 is 0.935 bits per heavy atom. The average molecular weight is 439 g/mol. The lowest BCUT2D eigenvalue weighted by Gasteiger charge is -2.22. The maximum Gasteiger partial charge on any atom is 0.243 e. The molecule has 0 saturated carbocycles. The van der Waals surface area contributed by atoms with Crippen molar-refractivity contribution in [1.82, 2.24) is 9.62 Å². The molecule has 3 aromatic carbocycles. The summed E-state index contributed by atoms with van der Waals surface area (Å²) < 4.78 is 31.9. The fourth-order valence-corrected chi connectivity index (χ4v) is 4.31. The number of hydrogen-bond donors (Lipinski definition) is 1. The van der Waals surface area contributed by atoms with Gasteiger partial charge in [-0.05, 0) is 42.3 Å². The third kappa shape index (κ3) is 5.51. The zero-order valence-electron chi connectivity index (χ0n) is 17.8. The summed E-state index contributed by atoms with van der Waals surface area (Å²) in [6.07, 6.45) is 0. The molecule has 1 atom stereocenters. The number of hydrogen-bond acceptors (Lipinski definition) is 4. The highest BCUT2D eigenvalue weighted by atomic mass is 32.2. The van der Waals surface area contributed by atoms with Crippen molar-refractivity contribution in [3.63, 3.8) is 0 Å². The van der Waals surface area contributed by atoms with Crippen molar-refractivity contribution in [2.45, 2.75) is 17.9 Å². The van der Waals surface area contributed by atoms with Crippen LogP contribution in [0.15, 0.2) is 83.8 Å². The number of benzene rings is 3. The molecule has 0 aromatic heterocycles. The molecule has 0 spiro atoms. The van der Waals surface area contributed by atoms with Gasteiger partial charge in [0.1, 0.15) is 5.75 Å². The van der Waals surface area contributed by atoms with Crippen LogP contribution in [-0.2, 0) is 14.8 Å². The number of nitrogens with zero attached hydrogens (tertiary/aromatic N) is 1. The Morgan fingerprint density at radius 2 is 1.52 bits per heavy atom. The van der Waals surface area contributed by atoms with Gasteiger partial charge in [0.15, 0.2) is 0 Å². The van der Waals surface area contributed by atoms with E-state index in [4.69, 9.17) is 4.74 Å². The van der Waals surface area contributed by atoms with Gasteiger partial charge in [0.05, 0.1) is 24.6 Å². The third-order valence-electron chi connectivity index (χ3n) is 4.98. The number of sulfonamides is 1. The summed E-state index contributed by atoms with van der Waals surface area (Å²) >= 11 is 0. The summed E-state index contributed by atoms with van der Waals surface area (Å²) in [6, 6.07) is 23.1. The smallest absolute Gasteiger partial charge is 0.243 e. The highest BCUT2D eigenvalue weighted by molar-refractivity contribution is 7.89. The maximum atomic E-state index is 12.8. The topological polar surface area (TPSA) is 75.7 Å². The molecule has 7 heteroatoms. The van der Waals surface area contributed by atoms with Crippen molar-refractivity contribution >= 4 is 15.9 Å². The molecule has 0 heterocycles. The molecule has 3 aromatic rings. The highest BCUT2D eigenvalue weighted by Gasteiger charge is 2.24. The quantitative estimate of drug-likeness (QED) is 0.584. The predicted molar refractivity (Wildman–Crippen MR) is 120 cm³/mol. The molecule has 0 aliphatic rings. The minimum atomic E-state index is -3.77. The Labute approximate surface area is 183 Å². The van der Waals surface area contributed by atoms with E-state index in [2.05, 4.69) is 5.32 Å². The van der Waals surface area contributed by atoms with Gasteiger partial charge in [-0.15, -0.1) is 0 Å². The Hall–Kier alpha value is -3.16. The van der Waals surface area contributed by atoms with Crippen LogP contribution >= 0.6 is 0 Å².